The smallest absolute Gasteiger partial charge is 0.0869 e. The van der Waals surface area contributed by atoms with Crippen LogP contribution in [0.2, 0.25) is 0 Å². The lowest BCUT2D eigenvalue weighted by Crippen LogP contribution is -2.29. The fraction of sp³-hybridized carbons (Fsp3) is 0.667. The maximum absolute atomic E-state index is 8.91. The Bertz CT molecular complexity index is 78.6. The van der Waals surface area contributed by atoms with Crippen molar-refractivity contribution >= 4 is 0 Å². The van der Waals surface area contributed by atoms with Gasteiger partial charge in [-0.2, -0.15) is 0 Å². The van der Waals surface area contributed by atoms with Crippen LogP contribution in [-0.4, -0.2) is 17.3 Å². The number of nitrogens with two attached hydrogens (primary N) is 1. The minimum atomic E-state index is -0.486. The van der Waals surface area contributed by atoms with Crippen LogP contribution in [0.15, 0.2) is 12.2 Å². The summed E-state index contributed by atoms with van der Waals surface area (Å²) >= 11 is 0. The predicted octanol–water partition coefficient (Wildman–Crippen LogP) is 0.271. The van der Waals surface area contributed by atoms with Gasteiger partial charge in [0.25, 0.3) is 0 Å². The highest BCUT2D eigenvalue weighted by atomic mass is 16.3. The third-order valence-corrected chi connectivity index (χ3v) is 0.928. The Balaban J connectivity index is 3.47. The molecule has 0 aliphatic heterocycles. The van der Waals surface area contributed by atoms with E-state index in [9.17, 15) is 0 Å². The quantitative estimate of drug-likeness (QED) is 0.507. The van der Waals surface area contributed by atoms with Crippen molar-refractivity contribution in [3.63, 3.8) is 0 Å². The van der Waals surface area contributed by atoms with Gasteiger partial charge in [0.1, 0.15) is 0 Å². The first kappa shape index (κ1) is 7.66. The summed E-state index contributed by atoms with van der Waals surface area (Å²) in [5.41, 5.74) is 5.32. The molecule has 2 nitrogen and oxygen atoms in total. The summed E-state index contributed by atoms with van der Waals surface area (Å²) in [6.45, 7) is 3.62. The van der Waals surface area contributed by atoms with Crippen LogP contribution in [0.25, 0.3) is 0 Å². The Morgan fingerprint density at radius 2 is 2.12 bits per heavy atom. The van der Waals surface area contributed by atoms with Crippen LogP contribution in [0, 0.1) is 0 Å². The Kier molecular flexibility index (Phi) is 3.48. The molecule has 0 rings (SSSR count). The summed E-state index contributed by atoms with van der Waals surface area (Å²) in [5.74, 6) is 0. The molecule has 0 aromatic carbocycles. The normalized spacial score (nSPS) is 19.0. The molecule has 2 atom stereocenters. The van der Waals surface area contributed by atoms with Gasteiger partial charge in [-0.25, -0.2) is 0 Å². The molecular weight excluding hydrogens is 102 g/mol. The molecule has 0 bridgehead atoms. The zero-order chi connectivity index (χ0) is 6.57. The molecule has 0 spiro atoms. The number of aliphatic hydroxyl groups excluding tert-OH is 1. The number of allylic oxidation sites excluding steroid dienone is 1. The van der Waals surface area contributed by atoms with Crippen molar-refractivity contribution in [3.8, 4) is 0 Å². The Morgan fingerprint density at radius 1 is 1.62 bits per heavy atom. The van der Waals surface area contributed by atoms with Gasteiger partial charge in [-0.15, -0.1) is 0 Å². The van der Waals surface area contributed by atoms with Crippen molar-refractivity contribution in [3.05, 3.63) is 12.2 Å². The van der Waals surface area contributed by atoms with Crippen molar-refractivity contribution in [2.45, 2.75) is 26.0 Å². The Labute approximate surface area is 50.0 Å². The summed E-state index contributed by atoms with van der Waals surface area (Å²) < 4.78 is 0. The molecule has 8 heavy (non-hydrogen) atoms. The van der Waals surface area contributed by atoms with E-state index in [-0.39, 0.29) is 6.04 Å². The minimum absolute atomic E-state index is 0.161. The molecule has 0 aromatic heterocycles. The third-order valence-electron chi connectivity index (χ3n) is 0.928. The maximum Gasteiger partial charge on any atom is 0.0869 e. The van der Waals surface area contributed by atoms with Crippen LogP contribution in [-0.2, 0) is 0 Å². The van der Waals surface area contributed by atoms with E-state index >= 15 is 0 Å². The monoisotopic (exact) mass is 115 g/mol. The van der Waals surface area contributed by atoms with Crippen LogP contribution in [0.1, 0.15) is 13.8 Å². The molecular formula is C6H13NO. The van der Waals surface area contributed by atoms with Gasteiger partial charge in [0.15, 0.2) is 0 Å². The molecule has 0 heterocycles. The average Bonchev–Trinajstić information content (AvgIpc) is 1.67. The number of hydrogen-bond acceptors (Lipinski definition) is 2. The molecule has 3 N–H and O–H groups in total. The lowest BCUT2D eigenvalue weighted by atomic mass is 10.2. The fourth-order valence-electron chi connectivity index (χ4n) is 0.372. The van der Waals surface area contributed by atoms with E-state index in [1.165, 1.54) is 0 Å². The topological polar surface area (TPSA) is 46.2 Å². The lowest BCUT2D eigenvalue weighted by molar-refractivity contribution is 0.198. The molecule has 48 valence electrons. The van der Waals surface area contributed by atoms with Gasteiger partial charge in [-0.1, -0.05) is 12.2 Å². The van der Waals surface area contributed by atoms with Crippen molar-refractivity contribution < 1.29 is 5.11 Å². The number of hydrogen-bond donors (Lipinski definition) is 2. The van der Waals surface area contributed by atoms with Crippen molar-refractivity contribution in [2.24, 2.45) is 5.73 Å². The zero-order valence-corrected chi connectivity index (χ0v) is 5.33. The van der Waals surface area contributed by atoms with Gasteiger partial charge in [0, 0.05) is 6.04 Å². The van der Waals surface area contributed by atoms with Crippen LogP contribution in [0.5, 0.6) is 0 Å². The van der Waals surface area contributed by atoms with Gasteiger partial charge < -0.3 is 10.8 Å². The first-order valence-corrected chi connectivity index (χ1v) is 2.75. The van der Waals surface area contributed by atoms with E-state index in [1.54, 1.807) is 19.1 Å². The first-order chi connectivity index (χ1) is 3.68. The Hall–Kier alpha value is -0.340. The van der Waals surface area contributed by atoms with E-state index in [0.29, 0.717) is 0 Å². The van der Waals surface area contributed by atoms with Gasteiger partial charge in [0.05, 0.1) is 6.10 Å². The van der Waals surface area contributed by atoms with Crippen LogP contribution < -0.4 is 5.73 Å². The Morgan fingerprint density at radius 3 is 2.25 bits per heavy atom. The van der Waals surface area contributed by atoms with Crippen molar-refractivity contribution in [1.29, 1.82) is 0 Å². The molecule has 0 amide bonds. The van der Waals surface area contributed by atoms with E-state index in [1.807, 2.05) is 6.92 Å². The predicted molar refractivity (Wildman–Crippen MR) is 34.5 cm³/mol. The number of aliphatic hydroxyl groups is 1. The van der Waals surface area contributed by atoms with Crippen LogP contribution in [0.4, 0.5) is 0 Å². The fourth-order valence-corrected chi connectivity index (χ4v) is 0.372. The summed E-state index contributed by atoms with van der Waals surface area (Å²) in [6, 6.07) is -0.161. The molecule has 0 aliphatic rings. The van der Waals surface area contributed by atoms with Crippen molar-refractivity contribution in [1.82, 2.24) is 0 Å². The maximum atomic E-state index is 8.91. The summed E-state index contributed by atoms with van der Waals surface area (Å²) in [6.07, 6.45) is 2.97. The minimum Gasteiger partial charge on any atom is -0.387 e. The molecule has 0 unspecified atom stereocenters. The molecule has 0 aromatic rings. The largest absolute Gasteiger partial charge is 0.387 e. The lowest BCUT2D eigenvalue weighted by Gasteiger charge is -2.07. The summed E-state index contributed by atoms with van der Waals surface area (Å²) in [7, 11) is 0. The van der Waals surface area contributed by atoms with Crippen LogP contribution >= 0.6 is 0 Å². The van der Waals surface area contributed by atoms with E-state index in [4.69, 9.17) is 10.8 Å². The standard InChI is InChI=1S/C6H13NO/c1-3-4-6(8)5(2)7/h3-6,8H,7H2,1-2H3/b4-3+/t5-,6+/m0/s1. The second kappa shape index (κ2) is 3.64. The SMILES string of the molecule is C/C=C/[C@@H](O)[C@H](C)N. The second-order valence-electron chi connectivity index (χ2n) is 1.88. The second-order valence-corrected chi connectivity index (χ2v) is 1.88. The molecule has 0 aliphatic carbocycles. The highest BCUT2D eigenvalue weighted by molar-refractivity contribution is 4.89. The van der Waals surface area contributed by atoms with Gasteiger partial charge in [-0.3, -0.25) is 0 Å². The van der Waals surface area contributed by atoms with Gasteiger partial charge >= 0.3 is 0 Å². The summed E-state index contributed by atoms with van der Waals surface area (Å²) in [4.78, 5) is 0. The molecule has 0 saturated heterocycles. The van der Waals surface area contributed by atoms with E-state index < -0.39 is 6.10 Å². The third kappa shape index (κ3) is 2.77. The molecule has 0 fully saturated rings. The molecule has 0 radical (unpaired) electrons. The van der Waals surface area contributed by atoms with Crippen molar-refractivity contribution in [2.75, 3.05) is 0 Å². The average molecular weight is 115 g/mol. The molecule has 2 heteroatoms. The zero-order valence-electron chi connectivity index (χ0n) is 5.33. The highest BCUT2D eigenvalue weighted by Gasteiger charge is 2.01. The number of rotatable bonds is 2. The molecule has 0 saturated carbocycles. The van der Waals surface area contributed by atoms with Crippen LogP contribution in [0.3, 0.4) is 0 Å². The first-order valence-electron chi connectivity index (χ1n) is 2.75. The van der Waals surface area contributed by atoms with E-state index in [0.717, 1.165) is 0 Å². The van der Waals surface area contributed by atoms with Gasteiger partial charge in [0.2, 0.25) is 0 Å². The highest BCUT2D eigenvalue weighted by Crippen LogP contribution is 1.89. The van der Waals surface area contributed by atoms with Gasteiger partial charge in [-0.05, 0) is 13.8 Å². The summed E-state index contributed by atoms with van der Waals surface area (Å²) in [5, 5.41) is 8.91. The van der Waals surface area contributed by atoms with E-state index in [2.05, 4.69) is 0 Å².